The van der Waals surface area contributed by atoms with Gasteiger partial charge in [-0.05, 0) is 28.7 Å². The normalized spacial score (nSPS) is 21.9. The molecule has 0 saturated heterocycles. The predicted octanol–water partition coefficient (Wildman–Crippen LogP) is 4.60. The number of amides is 1. The summed E-state index contributed by atoms with van der Waals surface area (Å²) in [4.78, 5) is 23.8. The summed E-state index contributed by atoms with van der Waals surface area (Å²) in [5.41, 5.74) is 1.80. The summed E-state index contributed by atoms with van der Waals surface area (Å²) >= 11 is 0. The van der Waals surface area contributed by atoms with Crippen molar-refractivity contribution in [1.29, 1.82) is 0 Å². The van der Waals surface area contributed by atoms with E-state index in [0.717, 1.165) is 29.2 Å². The third-order valence-electron chi connectivity index (χ3n) is 5.58. The van der Waals surface area contributed by atoms with Crippen LogP contribution in [0.2, 0.25) is 0 Å². The summed E-state index contributed by atoms with van der Waals surface area (Å²) in [6.45, 7) is 1.02. The van der Waals surface area contributed by atoms with Crippen LogP contribution in [0.5, 0.6) is 0 Å². The van der Waals surface area contributed by atoms with E-state index in [-0.39, 0.29) is 25.4 Å². The van der Waals surface area contributed by atoms with Crippen LogP contribution >= 0.6 is 0 Å². The van der Waals surface area contributed by atoms with Gasteiger partial charge in [-0.25, -0.2) is 4.79 Å². The molecule has 0 unspecified atom stereocenters. The summed E-state index contributed by atoms with van der Waals surface area (Å²) in [6.07, 6.45) is -1.54. The fourth-order valence-corrected chi connectivity index (χ4v) is 4.29. The van der Waals surface area contributed by atoms with Gasteiger partial charge in [0, 0.05) is 25.7 Å². The van der Waals surface area contributed by atoms with Crippen molar-refractivity contribution in [3.05, 3.63) is 59.7 Å². The second kappa shape index (κ2) is 7.13. The number of hydrogen-bond acceptors (Lipinski definition) is 4. The summed E-state index contributed by atoms with van der Waals surface area (Å²) in [6, 6.07) is 15.6. The third kappa shape index (κ3) is 3.34. The molecule has 7 heteroatoms. The van der Waals surface area contributed by atoms with Crippen molar-refractivity contribution in [3.8, 4) is 11.1 Å². The molecule has 2 aliphatic rings. The number of alkyl carbamates (subject to hydrolysis) is 1. The molecule has 1 amide bonds. The summed E-state index contributed by atoms with van der Waals surface area (Å²) in [7, 11) is 0. The maximum absolute atomic E-state index is 14.4. The molecular weight excluding hydrogens is 380 g/mol. The van der Waals surface area contributed by atoms with E-state index in [1.165, 1.54) is 0 Å². The number of ether oxygens (including phenoxy) is 2. The maximum Gasteiger partial charge on any atom is 0.410 e. The number of benzene rings is 2. The minimum atomic E-state index is -3.36. The van der Waals surface area contributed by atoms with Gasteiger partial charge in [0.15, 0.2) is 0 Å². The Morgan fingerprint density at radius 2 is 1.62 bits per heavy atom. The van der Waals surface area contributed by atoms with Gasteiger partial charge in [-0.3, -0.25) is 10.1 Å². The van der Waals surface area contributed by atoms with Gasteiger partial charge in [-0.1, -0.05) is 48.5 Å². The number of carbonyl (C=O) groups is 2. The highest BCUT2D eigenvalue weighted by atomic mass is 19.3. The van der Waals surface area contributed by atoms with Crippen LogP contribution in [0.25, 0.3) is 11.1 Å². The van der Waals surface area contributed by atoms with E-state index in [9.17, 15) is 18.4 Å². The molecule has 1 N–H and O–H groups in total. The van der Waals surface area contributed by atoms with E-state index >= 15 is 0 Å². The van der Waals surface area contributed by atoms with Gasteiger partial charge in [0.1, 0.15) is 6.61 Å². The molecule has 2 aliphatic carbocycles. The molecule has 2 aromatic carbocycles. The highest BCUT2D eigenvalue weighted by Gasteiger charge is 2.61. The zero-order chi connectivity index (χ0) is 20.6. The quantitative estimate of drug-likeness (QED) is 0.601. The number of esters is 1. The van der Waals surface area contributed by atoms with Crippen LogP contribution in [0.15, 0.2) is 48.5 Å². The van der Waals surface area contributed by atoms with E-state index in [2.05, 4.69) is 5.32 Å². The van der Waals surface area contributed by atoms with Crippen molar-refractivity contribution in [2.24, 2.45) is 0 Å². The van der Waals surface area contributed by atoms with Gasteiger partial charge in [-0.15, -0.1) is 0 Å². The first-order valence-electron chi connectivity index (χ1n) is 9.53. The monoisotopic (exact) mass is 401 g/mol. The SMILES string of the molecule is CC(=O)O[C@@]1(NC(=O)OCC2c3ccccc3-c3ccccc32)CCCC1(F)F. The Morgan fingerprint density at radius 1 is 1.03 bits per heavy atom. The average Bonchev–Trinajstić information content (AvgIpc) is 3.14. The number of rotatable bonds is 4. The minimum absolute atomic E-state index is 0.0123. The average molecular weight is 401 g/mol. The van der Waals surface area contributed by atoms with E-state index in [4.69, 9.17) is 9.47 Å². The van der Waals surface area contributed by atoms with E-state index in [1.807, 2.05) is 48.5 Å². The van der Waals surface area contributed by atoms with Gasteiger partial charge < -0.3 is 9.47 Å². The van der Waals surface area contributed by atoms with Crippen LogP contribution in [-0.2, 0) is 14.3 Å². The molecule has 4 rings (SSSR count). The van der Waals surface area contributed by atoms with Crippen molar-refractivity contribution >= 4 is 12.1 Å². The van der Waals surface area contributed by atoms with Gasteiger partial charge in [0.25, 0.3) is 5.72 Å². The zero-order valence-corrected chi connectivity index (χ0v) is 15.9. The Hall–Kier alpha value is -2.96. The lowest BCUT2D eigenvalue weighted by Crippen LogP contribution is -2.60. The first-order valence-corrected chi connectivity index (χ1v) is 9.53. The molecule has 0 aromatic heterocycles. The highest BCUT2D eigenvalue weighted by Crippen LogP contribution is 2.46. The van der Waals surface area contributed by atoms with E-state index < -0.39 is 30.1 Å². The topological polar surface area (TPSA) is 64.6 Å². The zero-order valence-electron chi connectivity index (χ0n) is 15.9. The standard InChI is InChI=1S/C22H21F2NO4/c1-14(26)29-22(12-6-11-21(22,23)24)25-20(27)28-13-19-17-9-4-2-7-15(17)16-8-3-5-10-18(16)19/h2-5,7-10,19H,6,11-13H2,1H3,(H,25,27)/t22-/m0/s1. The van der Waals surface area contributed by atoms with Gasteiger partial charge in [0.2, 0.25) is 0 Å². The Bertz CT molecular complexity index is 916. The second-order valence-electron chi connectivity index (χ2n) is 7.43. The Labute approximate surface area is 167 Å². The molecule has 0 heterocycles. The predicted molar refractivity (Wildman–Crippen MR) is 101 cm³/mol. The van der Waals surface area contributed by atoms with Crippen molar-refractivity contribution in [2.75, 3.05) is 6.61 Å². The molecule has 1 saturated carbocycles. The Kier molecular flexibility index (Phi) is 4.76. The lowest BCUT2D eigenvalue weighted by Gasteiger charge is -2.34. The smallest absolute Gasteiger partial charge is 0.410 e. The van der Waals surface area contributed by atoms with Crippen molar-refractivity contribution in [3.63, 3.8) is 0 Å². The number of carbonyl (C=O) groups excluding carboxylic acids is 2. The third-order valence-corrected chi connectivity index (χ3v) is 5.58. The first-order chi connectivity index (χ1) is 13.8. The van der Waals surface area contributed by atoms with Gasteiger partial charge in [0.05, 0.1) is 0 Å². The van der Waals surface area contributed by atoms with Crippen LogP contribution in [0.4, 0.5) is 13.6 Å². The number of nitrogens with one attached hydrogen (secondary N) is 1. The van der Waals surface area contributed by atoms with Crippen molar-refractivity contribution in [1.82, 2.24) is 5.32 Å². The highest BCUT2D eigenvalue weighted by molar-refractivity contribution is 5.79. The van der Waals surface area contributed by atoms with Gasteiger partial charge >= 0.3 is 18.0 Å². The van der Waals surface area contributed by atoms with Crippen LogP contribution in [0, 0.1) is 0 Å². The number of halogens is 2. The molecular formula is C22H21F2NO4. The molecule has 152 valence electrons. The summed E-state index contributed by atoms with van der Waals surface area (Å²) < 4.78 is 38.9. The first kappa shape index (κ1) is 19.4. The molecule has 0 bridgehead atoms. The van der Waals surface area contributed by atoms with Gasteiger partial charge in [-0.2, -0.15) is 8.78 Å². The van der Waals surface area contributed by atoms with Crippen LogP contribution in [0.3, 0.4) is 0 Å². The number of hydrogen-bond donors (Lipinski definition) is 1. The number of fused-ring (bicyclic) bond motifs is 3. The molecule has 1 fully saturated rings. The molecule has 5 nitrogen and oxygen atoms in total. The summed E-state index contributed by atoms with van der Waals surface area (Å²) in [5, 5.41) is 2.13. The number of alkyl halides is 2. The molecule has 0 aliphatic heterocycles. The molecule has 0 radical (unpaired) electrons. The lowest BCUT2D eigenvalue weighted by molar-refractivity contribution is -0.207. The fourth-order valence-electron chi connectivity index (χ4n) is 4.29. The molecule has 0 spiro atoms. The largest absolute Gasteiger partial charge is 0.448 e. The molecule has 29 heavy (non-hydrogen) atoms. The Morgan fingerprint density at radius 3 is 2.14 bits per heavy atom. The van der Waals surface area contributed by atoms with E-state index in [0.29, 0.717) is 0 Å². The molecule has 1 atom stereocenters. The maximum atomic E-state index is 14.4. The second-order valence-corrected chi connectivity index (χ2v) is 7.43. The van der Waals surface area contributed by atoms with Crippen molar-refractivity contribution in [2.45, 2.75) is 43.8 Å². The van der Waals surface area contributed by atoms with Crippen molar-refractivity contribution < 1.29 is 27.8 Å². The fraction of sp³-hybridized carbons (Fsp3) is 0.364. The minimum Gasteiger partial charge on any atom is -0.448 e. The Balaban J connectivity index is 1.51. The molecule has 2 aromatic rings. The van der Waals surface area contributed by atoms with Crippen LogP contribution < -0.4 is 5.32 Å². The summed E-state index contributed by atoms with van der Waals surface area (Å²) in [5.74, 6) is -4.43. The van der Waals surface area contributed by atoms with E-state index in [1.54, 1.807) is 0 Å². The van der Waals surface area contributed by atoms with Crippen LogP contribution in [-0.4, -0.2) is 30.3 Å². The van der Waals surface area contributed by atoms with Crippen LogP contribution in [0.1, 0.15) is 43.2 Å². The lowest BCUT2D eigenvalue weighted by atomic mass is 9.98.